The molecule has 0 aromatic heterocycles. The third kappa shape index (κ3) is 7.62. The van der Waals surface area contributed by atoms with Crippen LogP contribution in [0.15, 0.2) is 30.5 Å². The lowest BCUT2D eigenvalue weighted by atomic mass is 10.0. The van der Waals surface area contributed by atoms with Crippen LogP contribution in [-0.2, 0) is 0 Å². The van der Waals surface area contributed by atoms with E-state index in [1.165, 1.54) is 16.7 Å². The first-order valence-electron chi connectivity index (χ1n) is 6.52. The van der Waals surface area contributed by atoms with Crippen molar-refractivity contribution in [3.8, 4) is 0 Å². The number of nitrogens with zero attached hydrogens (tertiary/aromatic N) is 1. The molecule has 17 heavy (non-hydrogen) atoms. The van der Waals surface area contributed by atoms with Crippen LogP contribution in [0.3, 0.4) is 0 Å². The summed E-state index contributed by atoms with van der Waals surface area (Å²) in [4.78, 5) is 2.07. The molecule has 1 heteroatoms. The van der Waals surface area contributed by atoms with E-state index in [9.17, 15) is 0 Å². The van der Waals surface area contributed by atoms with Gasteiger partial charge in [0.2, 0.25) is 0 Å². The van der Waals surface area contributed by atoms with Crippen molar-refractivity contribution in [1.82, 2.24) is 4.90 Å². The fraction of sp³-hybridized carbons (Fsp3) is 0.500. The van der Waals surface area contributed by atoms with Crippen molar-refractivity contribution in [2.45, 2.75) is 41.5 Å². The second-order valence-corrected chi connectivity index (χ2v) is 3.59. The molecule has 0 atom stereocenters. The van der Waals surface area contributed by atoms with Crippen LogP contribution in [0, 0.1) is 6.92 Å². The molecule has 0 bridgehead atoms. The quantitative estimate of drug-likeness (QED) is 0.699. The number of hydrogen-bond acceptors (Lipinski definition) is 1. The molecule has 1 aromatic rings. The summed E-state index contributed by atoms with van der Waals surface area (Å²) < 4.78 is 0. The van der Waals surface area contributed by atoms with Gasteiger partial charge in [-0.3, -0.25) is 0 Å². The Bertz CT molecular complexity index is 311. The van der Waals surface area contributed by atoms with Crippen molar-refractivity contribution in [3.05, 3.63) is 41.6 Å². The van der Waals surface area contributed by atoms with Crippen LogP contribution >= 0.6 is 0 Å². The third-order valence-corrected chi connectivity index (χ3v) is 2.02. The van der Waals surface area contributed by atoms with E-state index >= 15 is 0 Å². The molecule has 0 aliphatic rings. The first-order chi connectivity index (χ1) is 8.11. The van der Waals surface area contributed by atoms with E-state index in [4.69, 9.17) is 0 Å². The van der Waals surface area contributed by atoms with Crippen molar-refractivity contribution < 1.29 is 0 Å². The second-order valence-electron chi connectivity index (χ2n) is 3.59. The molecule has 0 amide bonds. The van der Waals surface area contributed by atoms with Crippen LogP contribution in [0.2, 0.25) is 0 Å². The lowest BCUT2D eigenvalue weighted by Gasteiger charge is -2.10. The largest absolute Gasteiger partial charge is 0.383 e. The highest BCUT2D eigenvalue weighted by atomic mass is 15.0. The highest BCUT2D eigenvalue weighted by molar-refractivity contribution is 5.65. The van der Waals surface area contributed by atoms with E-state index in [-0.39, 0.29) is 0 Å². The molecule has 0 N–H and O–H groups in total. The number of rotatable bonds is 2. The van der Waals surface area contributed by atoms with E-state index in [1.54, 1.807) is 0 Å². The van der Waals surface area contributed by atoms with E-state index in [0.717, 1.165) is 0 Å². The van der Waals surface area contributed by atoms with E-state index in [0.29, 0.717) is 0 Å². The lowest BCUT2D eigenvalue weighted by molar-refractivity contribution is 0.565. The van der Waals surface area contributed by atoms with Crippen LogP contribution in [0.25, 0.3) is 5.57 Å². The topological polar surface area (TPSA) is 3.24 Å². The Morgan fingerprint density at radius 1 is 1.00 bits per heavy atom. The monoisotopic (exact) mass is 235 g/mol. The normalized spacial score (nSPS) is 9.53. The Morgan fingerprint density at radius 3 is 1.88 bits per heavy atom. The minimum Gasteiger partial charge on any atom is -0.383 e. The summed E-state index contributed by atoms with van der Waals surface area (Å²) in [5, 5.41) is 0. The fourth-order valence-electron chi connectivity index (χ4n) is 1.47. The molecule has 1 aromatic carbocycles. The predicted octanol–water partition coefficient (Wildman–Crippen LogP) is 4.97. The SMILES string of the molecule is C/C(=C/N(C)C)c1ccccc1C.CC.CC. The van der Waals surface area contributed by atoms with Crippen LogP contribution < -0.4 is 0 Å². The van der Waals surface area contributed by atoms with Crippen molar-refractivity contribution in [2.75, 3.05) is 14.1 Å². The lowest BCUT2D eigenvalue weighted by Crippen LogP contribution is -2.02. The van der Waals surface area contributed by atoms with Gasteiger partial charge in [-0.2, -0.15) is 0 Å². The van der Waals surface area contributed by atoms with Crippen molar-refractivity contribution in [1.29, 1.82) is 0 Å². The highest BCUT2D eigenvalue weighted by Crippen LogP contribution is 2.17. The molecule has 98 valence electrons. The molecule has 0 heterocycles. The molecular weight excluding hydrogens is 206 g/mol. The average molecular weight is 235 g/mol. The number of benzene rings is 1. The maximum Gasteiger partial charge on any atom is 0.00557 e. The summed E-state index contributed by atoms with van der Waals surface area (Å²) in [5.74, 6) is 0. The summed E-state index contributed by atoms with van der Waals surface area (Å²) in [5.41, 5.74) is 3.97. The Hall–Kier alpha value is -1.24. The Kier molecular flexibility index (Phi) is 12.0. The molecule has 1 rings (SSSR count). The molecular formula is C16H29N. The van der Waals surface area contributed by atoms with Crippen LogP contribution in [0.5, 0.6) is 0 Å². The summed E-state index contributed by atoms with van der Waals surface area (Å²) in [6.45, 7) is 12.3. The minimum absolute atomic E-state index is 1.31. The molecule has 0 aliphatic heterocycles. The smallest absolute Gasteiger partial charge is 0.00557 e. The van der Waals surface area contributed by atoms with Gasteiger partial charge >= 0.3 is 0 Å². The molecule has 0 fully saturated rings. The molecule has 1 nitrogen and oxygen atoms in total. The molecule has 0 unspecified atom stereocenters. The Balaban J connectivity index is 0. The Morgan fingerprint density at radius 2 is 1.47 bits per heavy atom. The molecule has 0 radical (unpaired) electrons. The maximum atomic E-state index is 2.16. The zero-order valence-corrected chi connectivity index (χ0v) is 12.8. The van der Waals surface area contributed by atoms with Gasteiger partial charge in [-0.15, -0.1) is 0 Å². The summed E-state index contributed by atoms with van der Waals surface area (Å²) in [6, 6.07) is 8.45. The third-order valence-electron chi connectivity index (χ3n) is 2.02. The summed E-state index contributed by atoms with van der Waals surface area (Å²) >= 11 is 0. The van der Waals surface area contributed by atoms with Crippen LogP contribution in [-0.4, -0.2) is 19.0 Å². The van der Waals surface area contributed by atoms with Crippen LogP contribution in [0.1, 0.15) is 45.7 Å². The van der Waals surface area contributed by atoms with Gasteiger partial charge in [-0.1, -0.05) is 52.0 Å². The molecule has 0 spiro atoms. The number of aryl methyl sites for hydroxylation is 1. The average Bonchev–Trinajstić information content (AvgIpc) is 2.34. The van der Waals surface area contributed by atoms with Gasteiger partial charge in [-0.05, 0) is 30.5 Å². The zero-order chi connectivity index (χ0) is 13.8. The number of hydrogen-bond donors (Lipinski definition) is 0. The standard InChI is InChI=1S/C12H17N.2C2H6/c1-10-7-5-6-8-12(10)11(2)9-13(3)4;2*1-2/h5-9H,1-4H3;2*1-2H3/b11-9-;;. The van der Waals surface area contributed by atoms with Crippen LogP contribution in [0.4, 0.5) is 0 Å². The van der Waals surface area contributed by atoms with Crippen molar-refractivity contribution in [3.63, 3.8) is 0 Å². The number of allylic oxidation sites excluding steroid dienone is 1. The van der Waals surface area contributed by atoms with Crippen molar-refractivity contribution >= 4 is 5.57 Å². The summed E-state index contributed by atoms with van der Waals surface area (Å²) in [6.07, 6.45) is 2.14. The fourth-order valence-corrected chi connectivity index (χ4v) is 1.47. The first-order valence-corrected chi connectivity index (χ1v) is 6.52. The van der Waals surface area contributed by atoms with Gasteiger partial charge in [0.1, 0.15) is 0 Å². The van der Waals surface area contributed by atoms with Gasteiger partial charge in [0, 0.05) is 20.3 Å². The zero-order valence-electron chi connectivity index (χ0n) is 12.8. The van der Waals surface area contributed by atoms with Gasteiger partial charge < -0.3 is 4.90 Å². The molecule has 0 aliphatic carbocycles. The molecule has 0 saturated carbocycles. The minimum atomic E-state index is 1.31. The predicted molar refractivity (Wildman–Crippen MR) is 81.2 cm³/mol. The van der Waals surface area contributed by atoms with E-state index < -0.39 is 0 Å². The van der Waals surface area contributed by atoms with E-state index in [1.807, 2.05) is 41.8 Å². The summed E-state index contributed by atoms with van der Waals surface area (Å²) in [7, 11) is 4.09. The van der Waals surface area contributed by atoms with Gasteiger partial charge in [-0.25, -0.2) is 0 Å². The van der Waals surface area contributed by atoms with Gasteiger partial charge in [0.05, 0.1) is 0 Å². The maximum absolute atomic E-state index is 2.16. The first kappa shape index (κ1) is 18.1. The highest BCUT2D eigenvalue weighted by Gasteiger charge is 1.98. The van der Waals surface area contributed by atoms with Gasteiger partial charge in [0.25, 0.3) is 0 Å². The molecule has 0 saturated heterocycles. The second kappa shape index (κ2) is 11.3. The Labute approximate surface area is 108 Å². The van der Waals surface area contributed by atoms with E-state index in [2.05, 4.69) is 49.2 Å². The van der Waals surface area contributed by atoms with Gasteiger partial charge in [0.15, 0.2) is 0 Å². The van der Waals surface area contributed by atoms with Crippen molar-refractivity contribution in [2.24, 2.45) is 0 Å².